The fourth-order valence-electron chi connectivity index (χ4n) is 4.13. The van der Waals surface area contributed by atoms with Gasteiger partial charge in [0.2, 0.25) is 5.91 Å². The number of carboxylic acid groups (broad SMARTS) is 2. The highest BCUT2D eigenvalue weighted by atomic mass is 19.1. The van der Waals surface area contributed by atoms with E-state index in [1.807, 2.05) is 6.33 Å². The van der Waals surface area contributed by atoms with Crippen molar-refractivity contribution in [2.24, 2.45) is 5.92 Å². The third-order valence-corrected chi connectivity index (χ3v) is 6.35. The largest absolute Gasteiger partial charge is 0.473 e. The van der Waals surface area contributed by atoms with E-state index in [2.05, 4.69) is 45.7 Å². The van der Waals surface area contributed by atoms with Gasteiger partial charge in [0.05, 0.1) is 23.9 Å². The number of amides is 1. The number of rotatable bonds is 6. The number of halogens is 1. The second-order valence-corrected chi connectivity index (χ2v) is 9.06. The molecular weight excluding hydrogens is 467 g/mol. The maximum Gasteiger partial charge on any atom is 0.414 e. The van der Waals surface area contributed by atoms with E-state index < -0.39 is 11.9 Å². The van der Waals surface area contributed by atoms with Crippen LogP contribution in [-0.2, 0) is 27.5 Å². The highest BCUT2D eigenvalue weighted by Gasteiger charge is 2.21. The van der Waals surface area contributed by atoms with Gasteiger partial charge in [-0.25, -0.2) is 19.0 Å². The Balaban J connectivity index is 0.000000538. The fraction of sp³-hybridized carbons (Fsp3) is 0.385. The number of aryl methyl sites for hydroxylation is 2. The monoisotopic (exact) mass is 498 g/mol. The molecule has 0 radical (unpaired) electrons. The van der Waals surface area contributed by atoms with Gasteiger partial charge in [-0.15, -0.1) is 0 Å². The van der Waals surface area contributed by atoms with E-state index in [9.17, 15) is 9.18 Å². The Morgan fingerprint density at radius 3 is 2.25 bits per heavy atom. The van der Waals surface area contributed by atoms with Crippen LogP contribution in [0.5, 0.6) is 0 Å². The Morgan fingerprint density at radius 1 is 1.03 bits per heavy atom. The van der Waals surface area contributed by atoms with Crippen LogP contribution in [0.2, 0.25) is 0 Å². The summed E-state index contributed by atoms with van der Waals surface area (Å²) in [5.41, 5.74) is 5.75. The average Bonchev–Trinajstić information content (AvgIpc) is 3.21. The molecule has 2 aromatic carbocycles. The molecule has 192 valence electrons. The molecule has 1 aliphatic rings. The lowest BCUT2D eigenvalue weighted by Crippen LogP contribution is -2.41. The van der Waals surface area contributed by atoms with Crippen molar-refractivity contribution in [2.75, 3.05) is 19.6 Å². The van der Waals surface area contributed by atoms with Gasteiger partial charge in [0.25, 0.3) is 0 Å². The predicted molar refractivity (Wildman–Crippen MR) is 132 cm³/mol. The first-order valence-electron chi connectivity index (χ1n) is 11.7. The lowest BCUT2D eigenvalue weighted by atomic mass is 9.96. The van der Waals surface area contributed by atoms with Crippen molar-refractivity contribution in [3.63, 3.8) is 0 Å². The molecule has 10 heteroatoms. The maximum atomic E-state index is 13.0. The molecule has 2 heterocycles. The number of likely N-dealkylation sites (tertiary alicyclic amines) is 1. The molecule has 1 saturated heterocycles. The van der Waals surface area contributed by atoms with Crippen molar-refractivity contribution in [3.05, 3.63) is 65.2 Å². The summed E-state index contributed by atoms with van der Waals surface area (Å²) in [5, 5.41) is 17.7. The molecule has 9 nitrogen and oxygen atoms in total. The molecule has 4 rings (SSSR count). The van der Waals surface area contributed by atoms with Gasteiger partial charge < -0.3 is 20.1 Å². The highest BCUT2D eigenvalue weighted by molar-refractivity contribution is 6.27. The topological polar surface area (TPSA) is 125 Å². The second-order valence-electron chi connectivity index (χ2n) is 9.06. The number of hydrogen-bond acceptors (Lipinski definition) is 5. The van der Waals surface area contributed by atoms with Crippen molar-refractivity contribution in [3.8, 4) is 0 Å². The third kappa shape index (κ3) is 7.61. The van der Waals surface area contributed by atoms with Crippen LogP contribution in [-0.4, -0.2) is 62.1 Å². The van der Waals surface area contributed by atoms with Gasteiger partial charge in [0.15, 0.2) is 0 Å². The van der Waals surface area contributed by atoms with Crippen LogP contribution in [0.25, 0.3) is 11.0 Å². The minimum absolute atomic E-state index is 0.0178. The Bertz CT molecular complexity index is 1210. The number of imidazole rings is 1. The van der Waals surface area contributed by atoms with E-state index in [0.717, 1.165) is 43.6 Å². The lowest BCUT2D eigenvalue weighted by Gasteiger charge is -2.31. The van der Waals surface area contributed by atoms with Crippen LogP contribution in [0.3, 0.4) is 0 Å². The van der Waals surface area contributed by atoms with Crippen LogP contribution in [0, 0.1) is 25.6 Å². The van der Waals surface area contributed by atoms with Gasteiger partial charge in [0.1, 0.15) is 5.82 Å². The number of aliphatic carboxylic acids is 2. The number of fused-ring (bicyclic) bond motifs is 1. The number of nitrogens with zero attached hydrogens (tertiary/aromatic N) is 3. The minimum atomic E-state index is -1.82. The number of carbonyl (C=O) groups excluding carboxylic acids is 1. The summed E-state index contributed by atoms with van der Waals surface area (Å²) >= 11 is 0. The van der Waals surface area contributed by atoms with Crippen LogP contribution >= 0.6 is 0 Å². The first kappa shape index (κ1) is 26.8. The van der Waals surface area contributed by atoms with E-state index in [4.69, 9.17) is 19.8 Å². The Kier molecular flexibility index (Phi) is 9.13. The van der Waals surface area contributed by atoms with Gasteiger partial charge in [-0.2, -0.15) is 0 Å². The first-order valence-corrected chi connectivity index (χ1v) is 11.7. The summed E-state index contributed by atoms with van der Waals surface area (Å²) in [6.07, 6.45) is 4.12. The number of hydrogen-bond donors (Lipinski definition) is 3. The molecule has 0 unspecified atom stereocenters. The van der Waals surface area contributed by atoms with E-state index in [1.54, 1.807) is 12.1 Å². The van der Waals surface area contributed by atoms with E-state index in [1.165, 1.54) is 28.8 Å². The normalized spacial score (nSPS) is 14.2. The molecule has 3 aromatic rings. The summed E-state index contributed by atoms with van der Waals surface area (Å²) in [5.74, 6) is -3.29. The SMILES string of the molecule is Cc1cc2ncn(CC3CCN(CC(=O)NCc4ccc(F)cc4)CC3)c2cc1C.O=C(O)C(=O)O. The van der Waals surface area contributed by atoms with Crippen molar-refractivity contribution in [1.29, 1.82) is 0 Å². The van der Waals surface area contributed by atoms with Gasteiger partial charge >= 0.3 is 11.9 Å². The molecule has 0 aliphatic carbocycles. The standard InChI is InChI=1S/C24H29FN4O.C2H2O4/c1-17-11-22-23(12-18(17)2)29(16-27-22)14-20-7-9-28(10-8-20)15-24(30)26-13-19-3-5-21(25)6-4-19;3-1(4)2(5)6/h3-6,11-12,16,20H,7-10,13-15H2,1-2H3,(H,26,30);(H,3,4)(H,5,6). The van der Waals surface area contributed by atoms with Gasteiger partial charge in [-0.1, -0.05) is 12.1 Å². The van der Waals surface area contributed by atoms with E-state index in [-0.39, 0.29) is 11.7 Å². The maximum absolute atomic E-state index is 13.0. The number of aromatic nitrogens is 2. The zero-order chi connectivity index (χ0) is 26.2. The van der Waals surface area contributed by atoms with Crippen LogP contribution in [0.4, 0.5) is 4.39 Å². The summed E-state index contributed by atoms with van der Waals surface area (Å²) < 4.78 is 15.2. The summed E-state index contributed by atoms with van der Waals surface area (Å²) in [7, 11) is 0. The zero-order valence-corrected chi connectivity index (χ0v) is 20.4. The molecule has 0 saturated carbocycles. The van der Waals surface area contributed by atoms with Crippen molar-refractivity contribution in [2.45, 2.75) is 39.8 Å². The minimum Gasteiger partial charge on any atom is -0.473 e. The zero-order valence-electron chi connectivity index (χ0n) is 20.4. The number of piperidine rings is 1. The molecular formula is C26H31FN4O5. The van der Waals surface area contributed by atoms with E-state index >= 15 is 0 Å². The van der Waals surface area contributed by atoms with Gasteiger partial charge in [0, 0.05) is 13.1 Å². The van der Waals surface area contributed by atoms with Crippen LogP contribution < -0.4 is 5.32 Å². The van der Waals surface area contributed by atoms with E-state index in [0.29, 0.717) is 19.0 Å². The second kappa shape index (κ2) is 12.3. The lowest BCUT2D eigenvalue weighted by molar-refractivity contribution is -0.159. The molecule has 0 bridgehead atoms. The molecule has 1 aliphatic heterocycles. The third-order valence-electron chi connectivity index (χ3n) is 6.35. The Morgan fingerprint density at radius 2 is 1.64 bits per heavy atom. The molecule has 1 fully saturated rings. The van der Waals surface area contributed by atoms with Crippen molar-refractivity contribution in [1.82, 2.24) is 19.8 Å². The van der Waals surface area contributed by atoms with Crippen LogP contribution in [0.1, 0.15) is 29.5 Å². The van der Waals surface area contributed by atoms with Crippen molar-refractivity contribution < 1.29 is 29.0 Å². The highest BCUT2D eigenvalue weighted by Crippen LogP contribution is 2.23. The Labute approximate surface area is 208 Å². The summed E-state index contributed by atoms with van der Waals surface area (Å²) in [6.45, 7) is 7.95. The molecule has 36 heavy (non-hydrogen) atoms. The fourth-order valence-corrected chi connectivity index (χ4v) is 4.13. The van der Waals surface area contributed by atoms with Crippen molar-refractivity contribution >= 4 is 28.9 Å². The molecule has 1 aromatic heterocycles. The Hall–Kier alpha value is -3.79. The first-order chi connectivity index (χ1) is 17.1. The predicted octanol–water partition coefficient (Wildman–Crippen LogP) is 2.98. The number of carboxylic acids is 2. The number of benzene rings is 2. The summed E-state index contributed by atoms with van der Waals surface area (Å²) in [6, 6.07) is 10.6. The molecule has 0 spiro atoms. The average molecular weight is 499 g/mol. The molecule has 1 amide bonds. The number of nitrogens with one attached hydrogen (secondary N) is 1. The van der Waals surface area contributed by atoms with Gasteiger partial charge in [-0.05, 0) is 86.7 Å². The quantitative estimate of drug-likeness (QED) is 0.446. The summed E-state index contributed by atoms with van der Waals surface area (Å²) in [4.78, 5) is 37.2. The molecule has 0 atom stereocenters. The van der Waals surface area contributed by atoms with Gasteiger partial charge in [-0.3, -0.25) is 9.69 Å². The van der Waals surface area contributed by atoms with Crippen LogP contribution in [0.15, 0.2) is 42.7 Å². The smallest absolute Gasteiger partial charge is 0.414 e. The molecule has 3 N–H and O–H groups in total. The number of carbonyl (C=O) groups is 3.